The second kappa shape index (κ2) is 11.0. The van der Waals surface area contributed by atoms with Crippen LogP contribution in [0.4, 0.5) is 0 Å². The Hall–Kier alpha value is -0.680. The summed E-state index contributed by atoms with van der Waals surface area (Å²) in [5.74, 6) is -0.259. The van der Waals surface area contributed by atoms with E-state index in [1.165, 1.54) is 0 Å². The molecule has 0 saturated carbocycles. The van der Waals surface area contributed by atoms with Crippen LogP contribution < -0.4 is 0 Å². The lowest BCUT2D eigenvalue weighted by molar-refractivity contribution is -0.177. The summed E-state index contributed by atoms with van der Waals surface area (Å²) < 4.78 is 22.8. The smallest absolute Gasteiger partial charge is 0.309 e. The van der Waals surface area contributed by atoms with Crippen LogP contribution in [0.5, 0.6) is 0 Å². The van der Waals surface area contributed by atoms with Crippen molar-refractivity contribution in [3.63, 3.8) is 0 Å². The molecule has 136 valence electrons. The van der Waals surface area contributed by atoms with Gasteiger partial charge in [-0.25, -0.2) is 5.06 Å². The Labute approximate surface area is 140 Å². The first-order valence-corrected chi connectivity index (χ1v) is 9.99. The van der Waals surface area contributed by atoms with Crippen molar-refractivity contribution < 1.29 is 23.6 Å². The van der Waals surface area contributed by atoms with Crippen molar-refractivity contribution in [2.45, 2.75) is 59.9 Å². The molecule has 0 heterocycles. The molecule has 1 amide bonds. The van der Waals surface area contributed by atoms with E-state index >= 15 is 0 Å². The zero-order valence-electron chi connectivity index (χ0n) is 15.1. The van der Waals surface area contributed by atoms with Crippen LogP contribution in [0.25, 0.3) is 0 Å². The van der Waals surface area contributed by atoms with Gasteiger partial charge in [0.15, 0.2) is 0 Å². The summed E-state index contributed by atoms with van der Waals surface area (Å²) in [6, 6.07) is -0.277. The molecule has 2 unspecified atom stereocenters. The Morgan fingerprint density at radius 3 is 2.17 bits per heavy atom. The van der Waals surface area contributed by atoms with Gasteiger partial charge in [-0.15, -0.1) is 0 Å². The largest absolute Gasteiger partial charge is 0.334 e. The fourth-order valence-electron chi connectivity index (χ4n) is 2.31. The molecule has 0 rings (SSSR count). The third-order valence-electron chi connectivity index (χ3n) is 3.68. The van der Waals surface area contributed by atoms with Crippen LogP contribution in [-0.4, -0.2) is 41.6 Å². The van der Waals surface area contributed by atoms with Crippen LogP contribution in [0.1, 0.15) is 53.9 Å². The van der Waals surface area contributed by atoms with Gasteiger partial charge in [-0.1, -0.05) is 32.4 Å². The minimum Gasteiger partial charge on any atom is -0.309 e. The quantitative estimate of drug-likeness (QED) is 0.247. The van der Waals surface area contributed by atoms with E-state index in [0.717, 1.165) is 17.9 Å². The van der Waals surface area contributed by atoms with Crippen LogP contribution in [-0.2, 0) is 18.4 Å². The fourth-order valence-corrected chi connectivity index (χ4v) is 4.01. The number of hydrogen-bond donors (Lipinski definition) is 1. The van der Waals surface area contributed by atoms with E-state index in [-0.39, 0.29) is 37.8 Å². The number of carbonyl (C=O) groups is 1. The normalized spacial score (nSPS) is 14.3. The highest BCUT2D eigenvalue weighted by molar-refractivity contribution is 7.54. The number of hydroxylamine groups is 2. The van der Waals surface area contributed by atoms with Crippen LogP contribution in [0.2, 0.25) is 0 Å². The van der Waals surface area contributed by atoms with Crippen molar-refractivity contribution in [3.05, 3.63) is 12.2 Å². The predicted molar refractivity (Wildman–Crippen MR) is 91.6 cm³/mol. The molecule has 0 fully saturated rings. The van der Waals surface area contributed by atoms with E-state index in [4.69, 9.17) is 9.05 Å². The van der Waals surface area contributed by atoms with Gasteiger partial charge in [0.05, 0.1) is 31.8 Å². The first-order chi connectivity index (χ1) is 10.7. The van der Waals surface area contributed by atoms with Gasteiger partial charge in [0, 0.05) is 0 Å². The van der Waals surface area contributed by atoms with Gasteiger partial charge in [0.1, 0.15) is 0 Å². The van der Waals surface area contributed by atoms with Crippen LogP contribution in [0.15, 0.2) is 12.2 Å². The average molecular weight is 349 g/mol. The molecule has 0 aliphatic carbocycles. The van der Waals surface area contributed by atoms with Gasteiger partial charge in [0.25, 0.3) is 0 Å². The molecule has 0 aliphatic rings. The topological polar surface area (TPSA) is 76.1 Å². The highest BCUT2D eigenvalue weighted by Crippen LogP contribution is 2.49. The molecule has 1 N–H and O–H groups in total. The Morgan fingerprint density at radius 2 is 1.74 bits per heavy atom. The average Bonchev–Trinajstić information content (AvgIpc) is 2.45. The van der Waals surface area contributed by atoms with Gasteiger partial charge in [-0.05, 0) is 33.1 Å². The molecule has 0 aromatic rings. The summed E-state index contributed by atoms with van der Waals surface area (Å²) in [7, 11) is -3.27. The minimum absolute atomic E-state index is 0.0207. The molecule has 6 nitrogen and oxygen atoms in total. The lowest BCUT2D eigenvalue weighted by Gasteiger charge is -2.28. The van der Waals surface area contributed by atoms with Crippen molar-refractivity contribution in [1.82, 2.24) is 5.06 Å². The number of nitrogens with zero attached hydrogens (tertiary/aromatic N) is 1. The fraction of sp³-hybridized carbons (Fsp3) is 0.812. The molecule has 7 heteroatoms. The molecule has 0 spiro atoms. The van der Waals surface area contributed by atoms with Gasteiger partial charge in [-0.2, -0.15) is 0 Å². The number of amides is 1. The van der Waals surface area contributed by atoms with Crippen LogP contribution >= 0.6 is 7.60 Å². The molecular weight excluding hydrogens is 317 g/mol. The number of carbonyl (C=O) groups excluding carboxylic acids is 1. The molecule has 0 aromatic carbocycles. The van der Waals surface area contributed by atoms with Crippen molar-refractivity contribution in [2.75, 3.05) is 19.4 Å². The zero-order chi connectivity index (χ0) is 18.0. The minimum atomic E-state index is -3.27. The van der Waals surface area contributed by atoms with Crippen molar-refractivity contribution in [2.24, 2.45) is 5.92 Å². The Morgan fingerprint density at radius 1 is 1.22 bits per heavy atom. The first kappa shape index (κ1) is 22.3. The molecule has 2 atom stereocenters. The Balaban J connectivity index is 4.64. The molecule has 0 saturated heterocycles. The van der Waals surface area contributed by atoms with Gasteiger partial charge >= 0.3 is 7.60 Å². The summed E-state index contributed by atoms with van der Waals surface area (Å²) in [4.78, 5) is 12.1. The summed E-state index contributed by atoms with van der Waals surface area (Å²) >= 11 is 0. The zero-order valence-corrected chi connectivity index (χ0v) is 16.0. The van der Waals surface area contributed by atoms with E-state index in [1.807, 2.05) is 13.8 Å². The van der Waals surface area contributed by atoms with Crippen molar-refractivity contribution >= 4 is 13.5 Å². The lowest BCUT2D eigenvalue weighted by Crippen LogP contribution is -2.39. The van der Waals surface area contributed by atoms with Crippen molar-refractivity contribution in [3.8, 4) is 0 Å². The molecule has 0 aromatic heterocycles. The maximum atomic E-state index is 12.4. The van der Waals surface area contributed by atoms with Gasteiger partial charge < -0.3 is 9.05 Å². The molecule has 0 radical (unpaired) electrons. The van der Waals surface area contributed by atoms with Gasteiger partial charge in [0.2, 0.25) is 5.91 Å². The van der Waals surface area contributed by atoms with Crippen LogP contribution in [0.3, 0.4) is 0 Å². The van der Waals surface area contributed by atoms with E-state index < -0.39 is 13.5 Å². The lowest BCUT2D eigenvalue weighted by atomic mass is 9.98. The monoisotopic (exact) mass is 349 g/mol. The van der Waals surface area contributed by atoms with Crippen LogP contribution in [0, 0.1) is 5.92 Å². The Kier molecular flexibility index (Phi) is 10.7. The maximum Gasteiger partial charge on any atom is 0.334 e. The molecular formula is C16H32NO5P. The summed E-state index contributed by atoms with van der Waals surface area (Å²) in [5, 5.41) is 10.8. The molecule has 23 heavy (non-hydrogen) atoms. The first-order valence-electron chi connectivity index (χ1n) is 8.26. The molecule has 0 aliphatic heterocycles. The summed E-state index contributed by atoms with van der Waals surface area (Å²) in [6.45, 7) is 13.6. The highest BCUT2D eigenvalue weighted by Gasteiger charge is 2.28. The SMILES string of the molecule is C=C(CC(=O)N(O)C(C)C(C)CCC)CP(=O)(OCC)OCC. The number of rotatable bonds is 12. The maximum absolute atomic E-state index is 12.4. The summed E-state index contributed by atoms with van der Waals surface area (Å²) in [5.41, 5.74) is 0.426. The predicted octanol–water partition coefficient (Wildman–Crippen LogP) is 4.24. The van der Waals surface area contributed by atoms with Crippen molar-refractivity contribution in [1.29, 1.82) is 0 Å². The molecule has 0 bridgehead atoms. The van der Waals surface area contributed by atoms with E-state index in [0.29, 0.717) is 5.57 Å². The Bertz CT molecular complexity index is 417. The second-order valence-corrected chi connectivity index (χ2v) is 7.83. The van der Waals surface area contributed by atoms with Gasteiger partial charge in [-0.3, -0.25) is 14.6 Å². The summed E-state index contributed by atoms with van der Waals surface area (Å²) in [6.07, 6.45) is 1.82. The van der Waals surface area contributed by atoms with E-state index in [2.05, 4.69) is 13.5 Å². The second-order valence-electron chi connectivity index (χ2n) is 5.78. The third kappa shape index (κ3) is 8.11. The van der Waals surface area contributed by atoms with E-state index in [9.17, 15) is 14.6 Å². The highest BCUT2D eigenvalue weighted by atomic mass is 31.2. The number of hydrogen-bond acceptors (Lipinski definition) is 5. The van der Waals surface area contributed by atoms with E-state index in [1.54, 1.807) is 13.8 Å². The third-order valence-corrected chi connectivity index (χ3v) is 5.82. The standard InChI is InChI=1S/C16H32NO5P/c1-7-10-14(5)15(6)17(19)16(18)11-13(4)12-23(20,21-8-2)22-9-3/h14-15,19H,4,7-12H2,1-3,5-6H3.